The van der Waals surface area contributed by atoms with Gasteiger partial charge in [0.05, 0.1) is 31.6 Å². The van der Waals surface area contributed by atoms with E-state index in [2.05, 4.69) is 9.97 Å². The second-order valence-electron chi connectivity index (χ2n) is 6.34. The fourth-order valence-corrected chi connectivity index (χ4v) is 3.25. The molecule has 8 nitrogen and oxygen atoms in total. The second kappa shape index (κ2) is 6.70. The second-order valence-corrected chi connectivity index (χ2v) is 6.34. The first-order valence-corrected chi connectivity index (χ1v) is 8.55. The van der Waals surface area contributed by atoms with E-state index in [1.165, 1.54) is 4.90 Å². The van der Waals surface area contributed by atoms with Crippen LogP contribution in [-0.2, 0) is 22.5 Å². The first-order chi connectivity index (χ1) is 12.6. The van der Waals surface area contributed by atoms with Crippen LogP contribution < -0.4 is 4.74 Å². The Morgan fingerprint density at radius 1 is 1.38 bits per heavy atom. The summed E-state index contributed by atoms with van der Waals surface area (Å²) in [4.78, 5) is 35.2. The highest BCUT2D eigenvalue weighted by molar-refractivity contribution is 5.83. The van der Waals surface area contributed by atoms with E-state index >= 15 is 0 Å². The minimum atomic E-state index is -0.419. The van der Waals surface area contributed by atoms with E-state index in [4.69, 9.17) is 9.47 Å². The number of aromatic nitrogens is 2. The molecule has 2 aliphatic rings. The largest absolute Gasteiger partial charge is 0.497 e. The van der Waals surface area contributed by atoms with Gasteiger partial charge in [0.1, 0.15) is 24.7 Å². The summed E-state index contributed by atoms with van der Waals surface area (Å²) >= 11 is 0. The van der Waals surface area contributed by atoms with Crippen LogP contribution in [0.5, 0.6) is 5.75 Å². The number of rotatable bonds is 4. The molecule has 136 valence electrons. The quantitative estimate of drug-likeness (QED) is 0.895. The maximum atomic E-state index is 12.5. The van der Waals surface area contributed by atoms with E-state index in [1.54, 1.807) is 12.0 Å². The molecular formula is C18H20N4O4. The molecule has 2 aliphatic heterocycles. The number of methoxy groups -OCH3 is 1. The van der Waals surface area contributed by atoms with E-state index in [0.29, 0.717) is 32.7 Å². The van der Waals surface area contributed by atoms with Crippen LogP contribution >= 0.6 is 0 Å². The highest BCUT2D eigenvalue weighted by Crippen LogP contribution is 2.25. The molecule has 0 radical (unpaired) electrons. The number of fused-ring (bicyclic) bond motifs is 1. The number of hydrogen-bond donors (Lipinski definition) is 1. The molecule has 1 fully saturated rings. The van der Waals surface area contributed by atoms with Crippen molar-refractivity contribution in [3.05, 3.63) is 35.7 Å². The summed E-state index contributed by atoms with van der Waals surface area (Å²) in [5.41, 5.74) is 2.86. The molecule has 1 N–H and O–H groups in total. The third-order valence-electron chi connectivity index (χ3n) is 4.70. The normalized spacial score (nSPS) is 16.4. The van der Waals surface area contributed by atoms with Crippen LogP contribution in [0.25, 0.3) is 11.4 Å². The standard InChI is InChI=1S/C18H20N4O4/c1-25-13-4-2-3-12(9-13)17-19-14-5-6-21(10-15(14)20-17)16(23)11-22-7-8-26-18(22)24/h2-4,9H,5-8,10-11H2,1H3,(H,19,20). The van der Waals surface area contributed by atoms with Crippen LogP contribution in [-0.4, -0.2) is 65.1 Å². The van der Waals surface area contributed by atoms with Gasteiger partial charge in [0, 0.05) is 18.5 Å². The lowest BCUT2D eigenvalue weighted by Crippen LogP contribution is -2.43. The van der Waals surface area contributed by atoms with Crippen molar-refractivity contribution in [2.24, 2.45) is 0 Å². The number of cyclic esters (lactones) is 1. The predicted molar refractivity (Wildman–Crippen MR) is 92.6 cm³/mol. The lowest BCUT2D eigenvalue weighted by Gasteiger charge is -2.27. The van der Waals surface area contributed by atoms with Gasteiger partial charge in [-0.15, -0.1) is 0 Å². The molecule has 8 heteroatoms. The Balaban J connectivity index is 1.47. The predicted octanol–water partition coefficient (Wildman–Crippen LogP) is 1.42. The summed E-state index contributed by atoms with van der Waals surface area (Å²) in [7, 11) is 1.63. The van der Waals surface area contributed by atoms with Gasteiger partial charge in [-0.1, -0.05) is 12.1 Å². The summed E-state index contributed by atoms with van der Waals surface area (Å²) in [5.74, 6) is 1.46. The Labute approximate surface area is 150 Å². The van der Waals surface area contributed by atoms with Gasteiger partial charge >= 0.3 is 6.09 Å². The van der Waals surface area contributed by atoms with E-state index in [-0.39, 0.29) is 12.5 Å². The van der Waals surface area contributed by atoms with Crippen molar-refractivity contribution in [2.45, 2.75) is 13.0 Å². The minimum absolute atomic E-state index is 0.0606. The summed E-state index contributed by atoms with van der Waals surface area (Å²) in [6.07, 6.45) is 0.268. The summed E-state index contributed by atoms with van der Waals surface area (Å²) < 4.78 is 10.1. The lowest BCUT2D eigenvalue weighted by atomic mass is 10.1. The van der Waals surface area contributed by atoms with Crippen molar-refractivity contribution < 1.29 is 19.1 Å². The number of nitrogens with zero attached hydrogens (tertiary/aromatic N) is 3. The summed E-state index contributed by atoms with van der Waals surface area (Å²) in [6.45, 7) is 1.94. The number of imidazole rings is 1. The van der Waals surface area contributed by atoms with Crippen LogP contribution in [0.1, 0.15) is 11.4 Å². The van der Waals surface area contributed by atoms with Crippen LogP contribution in [0, 0.1) is 0 Å². The van der Waals surface area contributed by atoms with E-state index < -0.39 is 6.09 Å². The zero-order chi connectivity index (χ0) is 18.1. The molecule has 0 spiro atoms. The van der Waals surface area contributed by atoms with Crippen molar-refractivity contribution in [1.82, 2.24) is 19.8 Å². The number of hydrogen-bond acceptors (Lipinski definition) is 5. The van der Waals surface area contributed by atoms with Gasteiger partial charge in [-0.2, -0.15) is 0 Å². The van der Waals surface area contributed by atoms with Crippen molar-refractivity contribution in [1.29, 1.82) is 0 Å². The number of aromatic amines is 1. The molecule has 2 aromatic rings. The monoisotopic (exact) mass is 356 g/mol. The summed E-state index contributed by atoms with van der Waals surface area (Å²) in [6, 6.07) is 7.69. The molecule has 1 aromatic heterocycles. The van der Waals surface area contributed by atoms with Crippen LogP contribution in [0.3, 0.4) is 0 Å². The number of nitrogens with one attached hydrogen (secondary N) is 1. The van der Waals surface area contributed by atoms with E-state index in [1.807, 2.05) is 24.3 Å². The van der Waals surface area contributed by atoms with Gasteiger partial charge in [0.2, 0.25) is 5.91 Å². The number of ether oxygens (including phenoxy) is 2. The van der Waals surface area contributed by atoms with Gasteiger partial charge in [0.15, 0.2) is 0 Å². The molecule has 1 saturated heterocycles. The number of H-pyrrole nitrogens is 1. The third-order valence-corrected chi connectivity index (χ3v) is 4.70. The molecule has 2 amide bonds. The van der Waals surface area contributed by atoms with Crippen molar-refractivity contribution in [2.75, 3.05) is 33.4 Å². The van der Waals surface area contributed by atoms with Crippen molar-refractivity contribution in [3.63, 3.8) is 0 Å². The van der Waals surface area contributed by atoms with Crippen molar-refractivity contribution >= 4 is 12.0 Å². The average Bonchev–Trinajstić information content (AvgIpc) is 3.27. The first-order valence-electron chi connectivity index (χ1n) is 8.55. The highest BCUT2D eigenvalue weighted by atomic mass is 16.6. The zero-order valence-corrected chi connectivity index (χ0v) is 14.5. The number of amides is 2. The molecular weight excluding hydrogens is 336 g/mol. The Morgan fingerprint density at radius 3 is 3.04 bits per heavy atom. The minimum Gasteiger partial charge on any atom is -0.497 e. The molecule has 0 bridgehead atoms. The van der Waals surface area contributed by atoms with Gasteiger partial charge in [0.25, 0.3) is 0 Å². The number of carbonyl (C=O) groups is 2. The van der Waals surface area contributed by atoms with Gasteiger partial charge < -0.3 is 19.4 Å². The van der Waals surface area contributed by atoms with Gasteiger partial charge in [-0.3, -0.25) is 9.69 Å². The molecule has 0 saturated carbocycles. The fraction of sp³-hybridized carbons (Fsp3) is 0.389. The molecule has 0 aliphatic carbocycles. The van der Waals surface area contributed by atoms with Gasteiger partial charge in [-0.25, -0.2) is 9.78 Å². The summed E-state index contributed by atoms with van der Waals surface area (Å²) in [5, 5.41) is 0. The molecule has 0 unspecified atom stereocenters. The molecule has 26 heavy (non-hydrogen) atoms. The highest BCUT2D eigenvalue weighted by Gasteiger charge is 2.29. The molecule has 3 heterocycles. The molecule has 1 aromatic carbocycles. The first kappa shape index (κ1) is 16.4. The van der Waals surface area contributed by atoms with Gasteiger partial charge in [-0.05, 0) is 12.1 Å². The number of carbonyl (C=O) groups excluding carboxylic acids is 2. The van der Waals surface area contributed by atoms with Crippen molar-refractivity contribution in [3.8, 4) is 17.1 Å². The average molecular weight is 356 g/mol. The maximum absolute atomic E-state index is 12.5. The number of benzene rings is 1. The zero-order valence-electron chi connectivity index (χ0n) is 14.5. The van der Waals surface area contributed by atoms with Crippen LogP contribution in [0.4, 0.5) is 4.79 Å². The smallest absolute Gasteiger partial charge is 0.410 e. The fourth-order valence-electron chi connectivity index (χ4n) is 3.25. The maximum Gasteiger partial charge on any atom is 0.410 e. The third kappa shape index (κ3) is 3.10. The topological polar surface area (TPSA) is 87.8 Å². The Hall–Kier alpha value is -3.03. The van der Waals surface area contributed by atoms with Crippen LogP contribution in [0.2, 0.25) is 0 Å². The Kier molecular flexibility index (Phi) is 4.24. The Bertz CT molecular complexity index is 847. The molecule has 4 rings (SSSR count). The molecule has 0 atom stereocenters. The van der Waals surface area contributed by atoms with E-state index in [9.17, 15) is 9.59 Å². The Morgan fingerprint density at radius 2 is 2.27 bits per heavy atom. The SMILES string of the molecule is COc1cccc(-c2nc3c([nH]2)CN(C(=O)CN2CCOC2=O)CC3)c1. The lowest BCUT2D eigenvalue weighted by molar-refractivity contribution is -0.132. The van der Waals surface area contributed by atoms with Crippen LogP contribution in [0.15, 0.2) is 24.3 Å². The van der Waals surface area contributed by atoms with E-state index in [0.717, 1.165) is 28.5 Å².